The van der Waals surface area contributed by atoms with Gasteiger partial charge in [-0.1, -0.05) is 45.6 Å². The number of carbonyl (C=O) groups is 1. The Kier molecular flexibility index (Phi) is 8.35. The number of ether oxygens (including phenoxy) is 1. The van der Waals surface area contributed by atoms with Gasteiger partial charge in [0.2, 0.25) is 0 Å². The number of nitrogens with zero attached hydrogens (tertiary/aromatic N) is 2. The predicted molar refractivity (Wildman–Crippen MR) is 117 cm³/mol. The first-order valence-corrected chi connectivity index (χ1v) is 11.4. The third-order valence-corrected chi connectivity index (χ3v) is 5.99. The molecule has 0 aliphatic heterocycles. The second kappa shape index (κ2) is 11.2. The van der Waals surface area contributed by atoms with E-state index in [1.165, 1.54) is 37.8 Å². The summed E-state index contributed by atoms with van der Waals surface area (Å²) in [4.78, 5) is 21.2. The first-order valence-electron chi connectivity index (χ1n) is 11.4. The quantitative estimate of drug-likeness (QED) is 0.347. The summed E-state index contributed by atoms with van der Waals surface area (Å²) in [5.74, 6) is 0.0271. The lowest BCUT2D eigenvalue weighted by Crippen LogP contribution is -2.25. The van der Waals surface area contributed by atoms with Crippen LogP contribution in [0.15, 0.2) is 30.6 Å². The minimum absolute atomic E-state index is 0.0226. The number of hydrogen-bond donors (Lipinski definition) is 0. The molecule has 0 radical (unpaired) electrons. The van der Waals surface area contributed by atoms with Crippen molar-refractivity contribution in [1.29, 1.82) is 0 Å². The Hall–Kier alpha value is -2.30. The number of hydrogen-bond acceptors (Lipinski definition) is 4. The Morgan fingerprint density at radius 1 is 1.07 bits per heavy atom. The fourth-order valence-electron chi connectivity index (χ4n) is 4.19. The van der Waals surface area contributed by atoms with Crippen LogP contribution >= 0.6 is 0 Å². The summed E-state index contributed by atoms with van der Waals surface area (Å²) in [7, 11) is 0. The molecule has 2 aromatic rings. The molecule has 30 heavy (non-hydrogen) atoms. The van der Waals surface area contributed by atoms with E-state index in [-0.39, 0.29) is 11.7 Å². The van der Waals surface area contributed by atoms with Gasteiger partial charge in [0.25, 0.3) is 0 Å². The van der Waals surface area contributed by atoms with Crippen molar-refractivity contribution >= 4 is 5.97 Å². The van der Waals surface area contributed by atoms with Crippen LogP contribution in [-0.2, 0) is 11.2 Å². The largest absolute Gasteiger partial charge is 0.459 e. The molecule has 0 bridgehead atoms. The first kappa shape index (κ1) is 22.4. The van der Waals surface area contributed by atoms with E-state index in [1.807, 2.05) is 0 Å². The highest BCUT2D eigenvalue weighted by molar-refractivity contribution is 5.90. The Bertz CT molecular complexity index is 814. The molecule has 1 aliphatic carbocycles. The molecule has 0 saturated heterocycles. The smallest absolute Gasteiger partial charge is 0.341 e. The highest BCUT2D eigenvalue weighted by Crippen LogP contribution is 2.30. The molecule has 0 N–H and O–H groups in total. The number of aryl methyl sites for hydroxylation is 1. The minimum atomic E-state index is -0.590. The van der Waals surface area contributed by atoms with Gasteiger partial charge >= 0.3 is 5.97 Å². The van der Waals surface area contributed by atoms with Crippen LogP contribution in [0.25, 0.3) is 11.4 Å². The molecule has 0 atom stereocenters. The van der Waals surface area contributed by atoms with Crippen molar-refractivity contribution in [1.82, 2.24) is 9.97 Å². The van der Waals surface area contributed by atoms with Gasteiger partial charge in [0.1, 0.15) is 11.9 Å². The van der Waals surface area contributed by atoms with Crippen LogP contribution < -0.4 is 0 Å². The van der Waals surface area contributed by atoms with Crippen LogP contribution in [0, 0.1) is 11.7 Å². The van der Waals surface area contributed by atoms with Crippen molar-refractivity contribution in [3.05, 3.63) is 47.5 Å². The van der Waals surface area contributed by atoms with Crippen LogP contribution in [0.5, 0.6) is 0 Å². The molecule has 0 unspecified atom stereocenters. The Morgan fingerprint density at radius 3 is 2.43 bits per heavy atom. The molecule has 1 fully saturated rings. The molecule has 1 heterocycles. The van der Waals surface area contributed by atoms with Crippen LogP contribution in [0.1, 0.15) is 87.6 Å². The van der Waals surface area contributed by atoms with Gasteiger partial charge in [-0.3, -0.25) is 0 Å². The summed E-state index contributed by atoms with van der Waals surface area (Å²) >= 11 is 0. The van der Waals surface area contributed by atoms with E-state index < -0.39 is 11.8 Å². The number of aromatic nitrogens is 2. The summed E-state index contributed by atoms with van der Waals surface area (Å²) in [6.07, 6.45) is 14.3. The fourth-order valence-corrected chi connectivity index (χ4v) is 4.19. The average molecular weight is 413 g/mol. The Morgan fingerprint density at radius 2 is 1.80 bits per heavy atom. The first-order chi connectivity index (χ1) is 14.6. The van der Waals surface area contributed by atoms with Gasteiger partial charge in [0.15, 0.2) is 5.82 Å². The molecule has 4 nitrogen and oxygen atoms in total. The second-order valence-corrected chi connectivity index (χ2v) is 8.40. The third-order valence-electron chi connectivity index (χ3n) is 5.99. The zero-order valence-electron chi connectivity index (χ0n) is 18.2. The Labute approximate surface area is 179 Å². The molecule has 5 heteroatoms. The van der Waals surface area contributed by atoms with Crippen LogP contribution in [0.4, 0.5) is 4.39 Å². The highest BCUT2D eigenvalue weighted by atomic mass is 19.1. The summed E-state index contributed by atoms with van der Waals surface area (Å²) in [6.45, 7) is 4.37. The van der Waals surface area contributed by atoms with Crippen molar-refractivity contribution in [3.63, 3.8) is 0 Å². The van der Waals surface area contributed by atoms with Gasteiger partial charge in [0.05, 0.1) is 5.56 Å². The van der Waals surface area contributed by atoms with E-state index in [9.17, 15) is 9.18 Å². The van der Waals surface area contributed by atoms with Gasteiger partial charge in [-0.15, -0.1) is 0 Å². The Balaban J connectivity index is 1.59. The van der Waals surface area contributed by atoms with E-state index in [1.54, 1.807) is 18.5 Å². The van der Waals surface area contributed by atoms with Crippen molar-refractivity contribution < 1.29 is 13.9 Å². The lowest BCUT2D eigenvalue weighted by atomic mass is 9.85. The van der Waals surface area contributed by atoms with Gasteiger partial charge in [-0.25, -0.2) is 19.2 Å². The molecular weight excluding hydrogens is 379 g/mol. The lowest BCUT2D eigenvalue weighted by Gasteiger charge is -2.28. The maximum Gasteiger partial charge on any atom is 0.341 e. The zero-order valence-corrected chi connectivity index (χ0v) is 18.2. The van der Waals surface area contributed by atoms with E-state index >= 15 is 0 Å². The van der Waals surface area contributed by atoms with Crippen LogP contribution in [0.3, 0.4) is 0 Å². The third kappa shape index (κ3) is 6.10. The van der Waals surface area contributed by atoms with E-state index in [2.05, 4.69) is 23.8 Å². The minimum Gasteiger partial charge on any atom is -0.459 e. The molecule has 1 aromatic heterocycles. The normalized spacial score (nSPS) is 18.9. The van der Waals surface area contributed by atoms with E-state index in [4.69, 9.17) is 4.74 Å². The molecule has 1 aliphatic rings. The molecule has 162 valence electrons. The van der Waals surface area contributed by atoms with Crippen molar-refractivity contribution in [2.24, 2.45) is 5.92 Å². The SMILES string of the molecule is CCCCCc1cnc(-c2ccc(C(=O)OC3CCC(CCC)CC3)c(F)c2)nc1. The predicted octanol–water partition coefficient (Wildman–Crippen LogP) is 6.53. The van der Waals surface area contributed by atoms with Gasteiger partial charge in [-0.2, -0.15) is 0 Å². The average Bonchev–Trinajstić information content (AvgIpc) is 2.76. The number of benzene rings is 1. The maximum atomic E-state index is 14.6. The topological polar surface area (TPSA) is 52.1 Å². The fraction of sp³-hybridized carbons (Fsp3) is 0.560. The summed E-state index contributed by atoms with van der Waals surface area (Å²) in [5.41, 5.74) is 1.62. The number of rotatable bonds is 9. The molecular formula is C25H33FN2O2. The second-order valence-electron chi connectivity index (χ2n) is 8.40. The van der Waals surface area contributed by atoms with Crippen LogP contribution in [0.2, 0.25) is 0 Å². The number of carbonyl (C=O) groups excluding carboxylic acids is 1. The van der Waals surface area contributed by atoms with Gasteiger partial charge in [0, 0.05) is 18.0 Å². The zero-order chi connectivity index (χ0) is 21.3. The molecule has 3 rings (SSSR count). The van der Waals surface area contributed by atoms with Gasteiger partial charge in [-0.05, 0) is 62.1 Å². The maximum absolute atomic E-state index is 14.6. The molecule has 1 saturated carbocycles. The van der Waals surface area contributed by atoms with Gasteiger partial charge < -0.3 is 4.74 Å². The van der Waals surface area contributed by atoms with E-state index in [0.717, 1.165) is 50.0 Å². The van der Waals surface area contributed by atoms with Crippen LogP contribution in [-0.4, -0.2) is 22.0 Å². The number of esters is 1. The lowest BCUT2D eigenvalue weighted by molar-refractivity contribution is 0.0157. The molecule has 1 aromatic carbocycles. The summed E-state index contributed by atoms with van der Waals surface area (Å²) in [5, 5.41) is 0. The standard InChI is InChI=1S/C25H33FN2O2/c1-3-5-6-8-19-16-27-24(28-17-19)20-11-14-22(23(26)15-20)25(29)30-21-12-9-18(7-4-2)10-13-21/h11,14-18,21H,3-10,12-13H2,1-2H3. The monoisotopic (exact) mass is 412 g/mol. The molecule has 0 amide bonds. The summed E-state index contributed by atoms with van der Waals surface area (Å²) < 4.78 is 20.2. The number of unbranched alkanes of at least 4 members (excludes halogenated alkanes) is 2. The summed E-state index contributed by atoms with van der Waals surface area (Å²) in [6, 6.07) is 4.49. The highest BCUT2D eigenvalue weighted by Gasteiger charge is 2.25. The van der Waals surface area contributed by atoms with Crippen molar-refractivity contribution in [3.8, 4) is 11.4 Å². The van der Waals surface area contributed by atoms with E-state index in [0.29, 0.717) is 11.4 Å². The number of halogens is 1. The van der Waals surface area contributed by atoms with Crippen molar-refractivity contribution in [2.45, 2.75) is 84.2 Å². The molecule has 0 spiro atoms. The van der Waals surface area contributed by atoms with Crippen molar-refractivity contribution in [2.75, 3.05) is 0 Å².